The molecule has 0 atom stereocenters. The average molecular weight is 422 g/mol. The van der Waals surface area contributed by atoms with Crippen LogP contribution in [0.5, 0.6) is 5.75 Å². The van der Waals surface area contributed by atoms with Crippen LogP contribution in [0.4, 0.5) is 17.3 Å². The molecule has 164 valence electrons. The number of H-pyrrole nitrogens is 1. The summed E-state index contributed by atoms with van der Waals surface area (Å²) in [7, 11) is 1.69. The van der Waals surface area contributed by atoms with E-state index in [1.54, 1.807) is 13.3 Å². The minimum Gasteiger partial charge on any atom is -0.497 e. The maximum absolute atomic E-state index is 6.16. The van der Waals surface area contributed by atoms with Crippen molar-refractivity contribution in [2.45, 2.75) is 6.92 Å². The van der Waals surface area contributed by atoms with Gasteiger partial charge in [-0.25, -0.2) is 15.0 Å². The summed E-state index contributed by atoms with van der Waals surface area (Å²) in [6.07, 6.45) is 1.74. The Labute approximate surface area is 185 Å². The molecule has 3 heterocycles. The fourth-order valence-corrected chi connectivity index (χ4v) is 3.95. The van der Waals surface area contributed by atoms with Crippen molar-refractivity contribution in [1.29, 1.82) is 0 Å². The second-order valence-electron chi connectivity index (χ2n) is 7.74. The molecule has 0 radical (unpaired) electrons. The molecule has 2 aromatic carbocycles. The van der Waals surface area contributed by atoms with E-state index >= 15 is 0 Å². The third kappa shape index (κ3) is 3.72. The van der Waals surface area contributed by atoms with Crippen LogP contribution in [0.15, 0.2) is 48.7 Å². The number of nitrogen functional groups attached to an aromatic ring is 1. The zero-order valence-electron chi connectivity index (χ0n) is 17.7. The van der Waals surface area contributed by atoms with E-state index in [0.717, 1.165) is 48.8 Å². The van der Waals surface area contributed by atoms with Crippen LogP contribution in [-0.4, -0.2) is 53.2 Å². The number of aromatic nitrogens is 4. The maximum atomic E-state index is 6.16. The molecule has 0 aliphatic carbocycles. The van der Waals surface area contributed by atoms with Gasteiger partial charge in [-0.05, 0) is 36.8 Å². The largest absolute Gasteiger partial charge is 0.497 e. The molecule has 0 amide bonds. The number of nitrogens with one attached hydrogen (secondary N) is 1. The molecule has 0 spiro atoms. The van der Waals surface area contributed by atoms with Crippen LogP contribution < -0.4 is 20.3 Å². The predicted octanol–water partition coefficient (Wildman–Crippen LogP) is 3.98. The molecular weight excluding hydrogens is 390 g/mol. The van der Waals surface area contributed by atoms with Gasteiger partial charge in [0.25, 0.3) is 0 Å². The second-order valence-corrected chi connectivity index (χ2v) is 7.74. The molecule has 0 bridgehead atoms. The van der Waals surface area contributed by atoms with Gasteiger partial charge in [0.15, 0.2) is 17.3 Å². The van der Waals surface area contributed by atoms with E-state index in [4.69, 9.17) is 15.5 Å². The number of hydrogen-bond acceptors (Lipinski definition) is 7. The van der Waals surface area contributed by atoms with Crippen molar-refractivity contribution in [3.63, 3.8) is 0 Å². The van der Waals surface area contributed by atoms with Gasteiger partial charge in [0.05, 0.1) is 24.3 Å². The number of imidazole rings is 1. The quantitative estimate of drug-likeness (QED) is 0.514. The SMILES string of the molecule is COc1cccc(N2CCN(c3cnc(N)c(-c4nc5ccc(C)cc5[nH]4)n3)CC2)c1.[HH].[HH].[HH]. The third-order valence-electron chi connectivity index (χ3n) is 5.67. The van der Waals surface area contributed by atoms with E-state index in [1.807, 2.05) is 24.3 Å². The molecule has 1 aliphatic rings. The van der Waals surface area contributed by atoms with Crippen LogP contribution in [-0.2, 0) is 0 Å². The normalized spacial score (nSPS) is 14.3. The van der Waals surface area contributed by atoms with Gasteiger partial charge in [0, 0.05) is 42.2 Å². The van der Waals surface area contributed by atoms with Crippen molar-refractivity contribution in [3.05, 3.63) is 54.2 Å². The summed E-state index contributed by atoms with van der Waals surface area (Å²) in [4.78, 5) is 21.8. The Morgan fingerprint density at radius 1 is 1.03 bits per heavy atom. The van der Waals surface area contributed by atoms with E-state index in [1.165, 1.54) is 11.3 Å². The molecule has 1 saturated heterocycles. The molecule has 1 fully saturated rings. The molecule has 2 aromatic heterocycles. The minimum atomic E-state index is 0. The van der Waals surface area contributed by atoms with Gasteiger partial charge >= 0.3 is 0 Å². The highest BCUT2D eigenvalue weighted by atomic mass is 16.5. The average Bonchev–Trinajstić information content (AvgIpc) is 3.22. The molecule has 3 N–H and O–H groups in total. The number of nitrogens with zero attached hydrogens (tertiary/aromatic N) is 5. The number of anilines is 3. The Hall–Kier alpha value is -3.81. The fraction of sp³-hybridized carbons (Fsp3) is 0.261. The highest BCUT2D eigenvalue weighted by Gasteiger charge is 2.21. The van der Waals surface area contributed by atoms with E-state index in [-0.39, 0.29) is 4.28 Å². The van der Waals surface area contributed by atoms with Crippen LogP contribution in [0.3, 0.4) is 0 Å². The van der Waals surface area contributed by atoms with Crippen LogP contribution in [0.2, 0.25) is 0 Å². The first kappa shape index (κ1) is 19.2. The number of aryl methyl sites for hydroxylation is 1. The minimum absolute atomic E-state index is 0. The topological polar surface area (TPSA) is 96.2 Å². The first-order chi connectivity index (χ1) is 15.1. The van der Waals surface area contributed by atoms with Gasteiger partial charge < -0.3 is 25.3 Å². The summed E-state index contributed by atoms with van der Waals surface area (Å²) in [6, 6.07) is 14.3. The van der Waals surface area contributed by atoms with E-state index in [9.17, 15) is 0 Å². The first-order valence-electron chi connectivity index (χ1n) is 10.3. The van der Waals surface area contributed by atoms with E-state index < -0.39 is 0 Å². The molecule has 31 heavy (non-hydrogen) atoms. The van der Waals surface area contributed by atoms with E-state index in [0.29, 0.717) is 17.3 Å². The number of fused-ring (bicyclic) bond motifs is 1. The highest BCUT2D eigenvalue weighted by molar-refractivity contribution is 5.81. The Morgan fingerprint density at radius 2 is 1.84 bits per heavy atom. The monoisotopic (exact) mass is 421 g/mol. The van der Waals surface area contributed by atoms with Gasteiger partial charge in [-0.15, -0.1) is 0 Å². The second kappa shape index (κ2) is 7.79. The number of aromatic amines is 1. The molecular formula is C23H31N7O. The van der Waals surface area contributed by atoms with Crippen LogP contribution in [0.1, 0.15) is 9.84 Å². The molecule has 0 saturated carbocycles. The number of nitrogens with two attached hydrogens (primary N) is 1. The Kier molecular flexibility index (Phi) is 4.82. The Morgan fingerprint density at radius 3 is 2.65 bits per heavy atom. The van der Waals surface area contributed by atoms with Crippen LogP contribution >= 0.6 is 0 Å². The van der Waals surface area contributed by atoms with Crippen molar-refractivity contribution in [1.82, 2.24) is 19.9 Å². The molecule has 8 heteroatoms. The lowest BCUT2D eigenvalue weighted by atomic mass is 10.2. The number of benzene rings is 2. The predicted molar refractivity (Wildman–Crippen MR) is 130 cm³/mol. The number of rotatable bonds is 4. The van der Waals surface area contributed by atoms with Crippen molar-refractivity contribution < 1.29 is 9.02 Å². The van der Waals surface area contributed by atoms with Crippen molar-refractivity contribution in [2.75, 3.05) is 48.8 Å². The maximum Gasteiger partial charge on any atom is 0.161 e. The zero-order valence-corrected chi connectivity index (χ0v) is 17.7. The molecule has 1 aliphatic heterocycles. The van der Waals surface area contributed by atoms with Gasteiger partial charge in [-0.3, -0.25) is 0 Å². The van der Waals surface area contributed by atoms with Gasteiger partial charge in [-0.1, -0.05) is 12.1 Å². The summed E-state index contributed by atoms with van der Waals surface area (Å²) in [5.41, 5.74) is 10.9. The molecule has 4 aromatic rings. The van der Waals surface area contributed by atoms with Crippen molar-refractivity contribution in [2.24, 2.45) is 0 Å². The number of methoxy groups -OCH3 is 1. The Bertz CT molecular complexity index is 1240. The van der Waals surface area contributed by atoms with Crippen LogP contribution in [0.25, 0.3) is 22.6 Å². The van der Waals surface area contributed by atoms with E-state index in [2.05, 4.69) is 49.9 Å². The lowest BCUT2D eigenvalue weighted by molar-refractivity contribution is 0.414. The first-order valence-corrected chi connectivity index (χ1v) is 10.3. The highest BCUT2D eigenvalue weighted by Crippen LogP contribution is 2.27. The number of ether oxygens (including phenoxy) is 1. The zero-order chi connectivity index (χ0) is 21.4. The smallest absolute Gasteiger partial charge is 0.161 e. The summed E-state index contributed by atoms with van der Waals surface area (Å²) >= 11 is 0. The van der Waals surface area contributed by atoms with Gasteiger partial charge in [-0.2, -0.15) is 0 Å². The summed E-state index contributed by atoms with van der Waals surface area (Å²) in [5.74, 6) is 2.69. The number of hydrogen-bond donors (Lipinski definition) is 2. The molecule has 5 rings (SSSR count). The molecule has 8 nitrogen and oxygen atoms in total. The lowest BCUT2D eigenvalue weighted by Crippen LogP contribution is -2.46. The Balaban J connectivity index is 0.00000136. The molecule has 0 unspecified atom stereocenters. The van der Waals surface area contributed by atoms with Gasteiger partial charge in [0.2, 0.25) is 0 Å². The number of piperazine rings is 1. The summed E-state index contributed by atoms with van der Waals surface area (Å²) in [5, 5.41) is 0. The standard InChI is InChI=1S/C23H25N7O.3H2/c1-15-6-7-18-19(12-15)27-23(26-18)21-22(24)25-14-20(28-21)30-10-8-29(9-11-30)16-4-3-5-17(13-16)31-2;;;/h3-7,12-14H,8-11H2,1-2H3,(H2,24,25)(H,26,27);3*1H. The summed E-state index contributed by atoms with van der Waals surface area (Å²) in [6.45, 7) is 5.51. The third-order valence-corrected chi connectivity index (χ3v) is 5.67. The van der Waals surface area contributed by atoms with Crippen molar-refractivity contribution >= 4 is 28.4 Å². The fourth-order valence-electron chi connectivity index (χ4n) is 3.95. The van der Waals surface area contributed by atoms with Crippen LogP contribution in [0, 0.1) is 6.92 Å². The van der Waals surface area contributed by atoms with Crippen molar-refractivity contribution in [3.8, 4) is 17.3 Å². The lowest BCUT2D eigenvalue weighted by Gasteiger charge is -2.36. The van der Waals surface area contributed by atoms with Gasteiger partial charge in [0.1, 0.15) is 11.6 Å². The summed E-state index contributed by atoms with van der Waals surface area (Å²) < 4.78 is 5.35.